The van der Waals surface area contributed by atoms with E-state index < -0.39 is 11.7 Å². The quantitative estimate of drug-likeness (QED) is 0.512. The van der Waals surface area contributed by atoms with Crippen LogP contribution >= 0.6 is 0 Å². The first kappa shape index (κ1) is 15.3. The summed E-state index contributed by atoms with van der Waals surface area (Å²) in [5.41, 5.74) is 0.0676. The van der Waals surface area contributed by atoms with Crippen molar-refractivity contribution in [2.45, 2.75) is 25.9 Å². The lowest BCUT2D eigenvalue weighted by Crippen LogP contribution is -2.14. The van der Waals surface area contributed by atoms with Gasteiger partial charge < -0.3 is 4.74 Å². The molecule has 104 valence electrons. The minimum atomic E-state index is -4.45. The van der Waals surface area contributed by atoms with Gasteiger partial charge in [0.25, 0.3) is 0 Å². The van der Waals surface area contributed by atoms with Gasteiger partial charge >= 0.3 is 6.18 Å². The molecule has 0 saturated carbocycles. The lowest BCUT2D eigenvalue weighted by molar-refractivity contribution is -0.0911. The van der Waals surface area contributed by atoms with Gasteiger partial charge in [0.15, 0.2) is 0 Å². The van der Waals surface area contributed by atoms with Crippen LogP contribution in [-0.2, 0) is 4.74 Å². The van der Waals surface area contributed by atoms with E-state index in [-0.39, 0.29) is 12.4 Å². The van der Waals surface area contributed by atoms with Gasteiger partial charge in [-0.1, -0.05) is 37.0 Å². The van der Waals surface area contributed by atoms with Gasteiger partial charge in [-0.15, -0.1) is 0 Å². The second kappa shape index (κ2) is 7.02. The Morgan fingerprint density at radius 2 is 2.16 bits per heavy atom. The van der Waals surface area contributed by atoms with Crippen molar-refractivity contribution in [1.29, 1.82) is 0 Å². The number of alkyl halides is 3. The van der Waals surface area contributed by atoms with E-state index in [1.807, 2.05) is 18.2 Å². The third-order valence-electron chi connectivity index (χ3n) is 2.56. The van der Waals surface area contributed by atoms with Crippen molar-refractivity contribution < 1.29 is 17.9 Å². The van der Waals surface area contributed by atoms with Gasteiger partial charge in [0, 0.05) is 0 Å². The molecule has 0 spiro atoms. The van der Waals surface area contributed by atoms with Crippen LogP contribution < -0.4 is 0 Å². The Morgan fingerprint density at radius 1 is 1.42 bits per heavy atom. The van der Waals surface area contributed by atoms with E-state index >= 15 is 0 Å². The van der Waals surface area contributed by atoms with Crippen LogP contribution in [0.25, 0.3) is 0 Å². The summed E-state index contributed by atoms with van der Waals surface area (Å²) in [4.78, 5) is 0. The van der Waals surface area contributed by atoms with E-state index in [0.717, 1.165) is 30.6 Å². The molecule has 1 nitrogen and oxygen atoms in total. The molecule has 0 heterocycles. The molecular weight excluding hydrogens is 253 g/mol. The number of allylic oxidation sites excluding steroid dienone is 6. The van der Waals surface area contributed by atoms with E-state index in [4.69, 9.17) is 4.74 Å². The fourth-order valence-corrected chi connectivity index (χ4v) is 1.67. The zero-order chi connectivity index (χ0) is 14.3. The molecule has 0 bridgehead atoms. The molecule has 0 radical (unpaired) electrons. The van der Waals surface area contributed by atoms with Crippen LogP contribution in [0.4, 0.5) is 13.2 Å². The van der Waals surface area contributed by atoms with Crippen LogP contribution in [-0.4, -0.2) is 12.8 Å². The molecule has 0 amide bonds. The maximum atomic E-state index is 12.8. The highest BCUT2D eigenvalue weighted by atomic mass is 19.4. The van der Waals surface area contributed by atoms with Crippen molar-refractivity contribution >= 4 is 0 Å². The lowest BCUT2D eigenvalue weighted by atomic mass is 10.1. The van der Waals surface area contributed by atoms with E-state index in [0.29, 0.717) is 0 Å². The SMILES string of the molecule is C=C/C(OCC1=CCCC=C1)=C(\C=C/C)C(F)(F)F. The average Bonchev–Trinajstić information content (AvgIpc) is 2.38. The maximum Gasteiger partial charge on any atom is 0.419 e. The molecule has 0 aromatic carbocycles. The Kier molecular flexibility index (Phi) is 5.67. The molecule has 1 aliphatic rings. The molecule has 0 saturated heterocycles. The minimum absolute atomic E-state index is 0.120. The van der Waals surface area contributed by atoms with Gasteiger partial charge in [-0.2, -0.15) is 13.2 Å². The summed E-state index contributed by atoms with van der Waals surface area (Å²) >= 11 is 0. The van der Waals surface area contributed by atoms with Gasteiger partial charge in [-0.3, -0.25) is 0 Å². The predicted octanol–water partition coefficient (Wildman–Crippen LogP) is 4.86. The van der Waals surface area contributed by atoms with E-state index in [1.54, 1.807) is 0 Å². The Hall–Kier alpha value is -1.71. The zero-order valence-corrected chi connectivity index (χ0v) is 10.8. The smallest absolute Gasteiger partial charge is 0.419 e. The Morgan fingerprint density at radius 3 is 2.63 bits per heavy atom. The predicted molar refractivity (Wildman–Crippen MR) is 70.5 cm³/mol. The first-order valence-electron chi connectivity index (χ1n) is 6.04. The van der Waals surface area contributed by atoms with Crippen LogP contribution in [0.1, 0.15) is 19.8 Å². The third kappa shape index (κ3) is 4.81. The fourth-order valence-electron chi connectivity index (χ4n) is 1.67. The second-order valence-corrected chi connectivity index (χ2v) is 4.03. The van der Waals surface area contributed by atoms with Gasteiger partial charge in [0.1, 0.15) is 12.4 Å². The summed E-state index contributed by atoms with van der Waals surface area (Å²) in [7, 11) is 0. The normalized spacial score (nSPS) is 17.2. The molecule has 0 aromatic rings. The molecule has 1 rings (SSSR count). The Balaban J connectivity index is 2.87. The largest absolute Gasteiger partial charge is 0.488 e. The molecule has 4 heteroatoms. The van der Waals surface area contributed by atoms with Crippen molar-refractivity contribution in [3.63, 3.8) is 0 Å². The molecular formula is C15H17F3O. The molecule has 1 aliphatic carbocycles. The molecule has 0 N–H and O–H groups in total. The van der Waals surface area contributed by atoms with E-state index in [9.17, 15) is 13.2 Å². The van der Waals surface area contributed by atoms with Gasteiger partial charge in [0.2, 0.25) is 0 Å². The molecule has 0 atom stereocenters. The fraction of sp³-hybridized carbons (Fsp3) is 0.333. The maximum absolute atomic E-state index is 12.8. The molecule has 0 aromatic heterocycles. The lowest BCUT2D eigenvalue weighted by Gasteiger charge is -2.15. The number of ether oxygens (including phenoxy) is 1. The molecule has 0 unspecified atom stereocenters. The number of halogens is 3. The first-order valence-corrected chi connectivity index (χ1v) is 6.04. The number of rotatable bonds is 5. The molecule has 19 heavy (non-hydrogen) atoms. The van der Waals surface area contributed by atoms with Crippen LogP contribution in [0.5, 0.6) is 0 Å². The van der Waals surface area contributed by atoms with Crippen LogP contribution in [0.3, 0.4) is 0 Å². The summed E-state index contributed by atoms with van der Waals surface area (Å²) in [6.07, 6.45) is 6.62. The molecule has 0 aliphatic heterocycles. The summed E-state index contributed by atoms with van der Waals surface area (Å²) in [5.74, 6) is -0.245. The monoisotopic (exact) mass is 270 g/mol. The van der Waals surface area contributed by atoms with Crippen molar-refractivity contribution in [3.8, 4) is 0 Å². The van der Waals surface area contributed by atoms with E-state index in [2.05, 4.69) is 6.58 Å². The minimum Gasteiger partial charge on any atom is -0.488 e. The van der Waals surface area contributed by atoms with Gasteiger partial charge in [0.05, 0.1) is 5.57 Å². The van der Waals surface area contributed by atoms with Crippen molar-refractivity contribution in [3.05, 3.63) is 59.9 Å². The third-order valence-corrected chi connectivity index (χ3v) is 2.56. The summed E-state index contributed by atoms with van der Waals surface area (Å²) < 4.78 is 43.8. The summed E-state index contributed by atoms with van der Waals surface area (Å²) in [6.45, 7) is 5.03. The van der Waals surface area contributed by atoms with Crippen LogP contribution in [0, 0.1) is 0 Å². The summed E-state index contributed by atoms with van der Waals surface area (Å²) in [5, 5.41) is 0. The highest BCUT2D eigenvalue weighted by Crippen LogP contribution is 2.30. The second-order valence-electron chi connectivity index (χ2n) is 4.03. The first-order chi connectivity index (χ1) is 8.99. The van der Waals surface area contributed by atoms with E-state index in [1.165, 1.54) is 13.0 Å². The standard InChI is InChI=1S/C15H17F3O/c1-3-8-13(15(16,17)18)14(4-2)19-11-12-9-6-5-7-10-12/h3-4,6,8-10H,2,5,7,11H2,1H3/b8-3-,14-13-. The van der Waals surface area contributed by atoms with Crippen molar-refractivity contribution in [2.24, 2.45) is 0 Å². The van der Waals surface area contributed by atoms with Crippen LogP contribution in [0.2, 0.25) is 0 Å². The summed E-state index contributed by atoms with van der Waals surface area (Å²) in [6, 6.07) is 0. The Labute approximate surface area is 111 Å². The number of hydrogen-bond donors (Lipinski definition) is 0. The van der Waals surface area contributed by atoms with Crippen molar-refractivity contribution in [2.75, 3.05) is 6.61 Å². The van der Waals surface area contributed by atoms with Crippen LogP contribution in [0.15, 0.2) is 59.9 Å². The van der Waals surface area contributed by atoms with Crippen molar-refractivity contribution in [1.82, 2.24) is 0 Å². The highest BCUT2D eigenvalue weighted by Gasteiger charge is 2.34. The zero-order valence-electron chi connectivity index (χ0n) is 10.8. The van der Waals surface area contributed by atoms with Gasteiger partial charge in [-0.05, 0) is 31.4 Å². The Bertz CT molecular complexity index is 437. The highest BCUT2D eigenvalue weighted by molar-refractivity contribution is 5.33. The molecule has 0 fully saturated rings. The average molecular weight is 270 g/mol. The van der Waals surface area contributed by atoms with Gasteiger partial charge in [-0.25, -0.2) is 0 Å². The topological polar surface area (TPSA) is 9.23 Å². The number of hydrogen-bond acceptors (Lipinski definition) is 1.